The molecule has 1 fully saturated rings. The topological polar surface area (TPSA) is 57.6 Å². The molecule has 1 N–H and O–H groups in total. The summed E-state index contributed by atoms with van der Waals surface area (Å²) < 4.78 is 0. The van der Waals surface area contributed by atoms with Crippen LogP contribution in [0.3, 0.4) is 0 Å². The van der Waals surface area contributed by atoms with E-state index in [1.54, 1.807) is 12.1 Å². The van der Waals surface area contributed by atoms with Gasteiger partial charge in [0.2, 0.25) is 0 Å². The van der Waals surface area contributed by atoms with Gasteiger partial charge in [-0.05, 0) is 31.4 Å². The summed E-state index contributed by atoms with van der Waals surface area (Å²) in [5.74, 6) is -1.13. The summed E-state index contributed by atoms with van der Waals surface area (Å²) in [6.45, 7) is 1.65. The Morgan fingerprint density at radius 2 is 2.00 bits per heavy atom. The minimum Gasteiger partial charge on any atom is -0.480 e. The Hall–Kier alpha value is -1.84. The maximum Gasteiger partial charge on any atom is 0.323 e. The second-order valence-corrected chi connectivity index (χ2v) is 4.37. The van der Waals surface area contributed by atoms with E-state index in [0.717, 1.165) is 18.4 Å². The first-order valence-electron chi connectivity index (χ1n) is 5.68. The molecule has 0 bridgehead atoms. The number of rotatable bonds is 4. The first-order chi connectivity index (χ1) is 8.09. The molecule has 90 valence electrons. The highest BCUT2D eigenvalue weighted by molar-refractivity contribution is 5.97. The lowest BCUT2D eigenvalue weighted by molar-refractivity contribution is -0.137. The van der Waals surface area contributed by atoms with E-state index < -0.39 is 5.97 Å². The van der Waals surface area contributed by atoms with Crippen molar-refractivity contribution in [3.8, 4) is 0 Å². The molecule has 0 spiro atoms. The van der Waals surface area contributed by atoms with Crippen LogP contribution in [0.2, 0.25) is 0 Å². The fourth-order valence-corrected chi connectivity index (χ4v) is 1.87. The number of hydrogen-bond acceptors (Lipinski definition) is 2. The molecule has 0 aliphatic heterocycles. The summed E-state index contributed by atoms with van der Waals surface area (Å²) in [6.07, 6.45) is 1.82. The highest BCUT2D eigenvalue weighted by atomic mass is 16.4. The molecular formula is C13H15NO3. The number of nitrogens with zero attached hydrogens (tertiary/aromatic N) is 1. The number of carboxylic acids is 1. The number of benzene rings is 1. The van der Waals surface area contributed by atoms with E-state index in [4.69, 9.17) is 5.11 Å². The minimum atomic E-state index is -0.959. The highest BCUT2D eigenvalue weighted by Gasteiger charge is 2.34. The molecule has 2 rings (SSSR count). The fraction of sp³-hybridized carbons (Fsp3) is 0.385. The predicted molar refractivity (Wildman–Crippen MR) is 62.9 cm³/mol. The molecule has 1 aliphatic carbocycles. The predicted octanol–water partition coefficient (Wildman–Crippen LogP) is 1.68. The van der Waals surface area contributed by atoms with Crippen LogP contribution < -0.4 is 0 Å². The first-order valence-corrected chi connectivity index (χ1v) is 5.68. The molecule has 4 heteroatoms. The lowest BCUT2D eigenvalue weighted by Gasteiger charge is -2.21. The van der Waals surface area contributed by atoms with Crippen molar-refractivity contribution in [2.24, 2.45) is 0 Å². The largest absolute Gasteiger partial charge is 0.480 e. The van der Waals surface area contributed by atoms with Crippen LogP contribution in [0, 0.1) is 6.92 Å². The van der Waals surface area contributed by atoms with Crippen molar-refractivity contribution in [1.29, 1.82) is 0 Å². The second kappa shape index (κ2) is 4.57. The molecule has 1 aliphatic rings. The van der Waals surface area contributed by atoms with Gasteiger partial charge < -0.3 is 10.0 Å². The average molecular weight is 233 g/mol. The maximum absolute atomic E-state index is 12.2. The van der Waals surface area contributed by atoms with Gasteiger partial charge in [0.05, 0.1) is 0 Å². The molecule has 1 aromatic carbocycles. The Labute approximate surface area is 99.9 Å². The Balaban J connectivity index is 2.22. The third-order valence-electron chi connectivity index (χ3n) is 2.93. The highest BCUT2D eigenvalue weighted by Crippen LogP contribution is 2.28. The third kappa shape index (κ3) is 2.64. The van der Waals surface area contributed by atoms with Gasteiger partial charge in [0.1, 0.15) is 6.54 Å². The van der Waals surface area contributed by atoms with E-state index in [9.17, 15) is 9.59 Å². The van der Waals surface area contributed by atoms with Crippen molar-refractivity contribution < 1.29 is 14.7 Å². The number of aliphatic carboxylic acids is 1. The van der Waals surface area contributed by atoms with Gasteiger partial charge in [-0.15, -0.1) is 0 Å². The normalized spacial score (nSPS) is 14.4. The van der Waals surface area contributed by atoms with Gasteiger partial charge in [-0.1, -0.05) is 18.2 Å². The molecule has 0 heterocycles. The number of hydrogen-bond donors (Lipinski definition) is 1. The summed E-state index contributed by atoms with van der Waals surface area (Å²) in [4.78, 5) is 24.5. The van der Waals surface area contributed by atoms with Gasteiger partial charge in [0.15, 0.2) is 0 Å². The van der Waals surface area contributed by atoms with Crippen molar-refractivity contribution in [3.63, 3.8) is 0 Å². The SMILES string of the molecule is Cc1ccccc1C(=O)N(CC(=O)O)C1CC1. The molecule has 0 atom stereocenters. The maximum atomic E-state index is 12.2. The minimum absolute atomic E-state index is 0.109. The van der Waals surface area contributed by atoms with E-state index >= 15 is 0 Å². The van der Waals surface area contributed by atoms with Crippen molar-refractivity contribution in [1.82, 2.24) is 4.90 Å². The number of carbonyl (C=O) groups excluding carboxylic acids is 1. The zero-order chi connectivity index (χ0) is 12.4. The van der Waals surface area contributed by atoms with Crippen LogP contribution in [0.25, 0.3) is 0 Å². The molecule has 4 nitrogen and oxygen atoms in total. The molecular weight excluding hydrogens is 218 g/mol. The summed E-state index contributed by atoms with van der Waals surface area (Å²) in [5.41, 5.74) is 1.48. The monoisotopic (exact) mass is 233 g/mol. The first kappa shape index (κ1) is 11.6. The molecule has 1 aromatic rings. The molecule has 1 saturated carbocycles. The smallest absolute Gasteiger partial charge is 0.323 e. The van der Waals surface area contributed by atoms with E-state index in [-0.39, 0.29) is 18.5 Å². The fourth-order valence-electron chi connectivity index (χ4n) is 1.87. The Kier molecular flexibility index (Phi) is 3.13. The van der Waals surface area contributed by atoms with Crippen molar-refractivity contribution in [2.75, 3.05) is 6.54 Å². The molecule has 0 unspecified atom stereocenters. The van der Waals surface area contributed by atoms with Crippen LogP contribution in [0.5, 0.6) is 0 Å². The van der Waals surface area contributed by atoms with Crippen LogP contribution in [-0.2, 0) is 4.79 Å². The van der Waals surface area contributed by atoms with Gasteiger partial charge in [0, 0.05) is 11.6 Å². The summed E-state index contributed by atoms with van der Waals surface area (Å²) >= 11 is 0. The molecule has 1 amide bonds. The van der Waals surface area contributed by atoms with Crippen molar-refractivity contribution in [2.45, 2.75) is 25.8 Å². The lowest BCUT2D eigenvalue weighted by atomic mass is 10.1. The van der Waals surface area contributed by atoms with Crippen LogP contribution >= 0.6 is 0 Å². The van der Waals surface area contributed by atoms with Crippen LogP contribution in [0.15, 0.2) is 24.3 Å². The number of aryl methyl sites for hydroxylation is 1. The summed E-state index contributed by atoms with van der Waals surface area (Å²) in [5, 5.41) is 8.83. The van der Waals surface area contributed by atoms with Gasteiger partial charge in [-0.3, -0.25) is 9.59 Å². The standard InChI is InChI=1S/C13H15NO3/c1-9-4-2-3-5-11(9)13(17)14(8-12(15)16)10-6-7-10/h2-5,10H,6-8H2,1H3,(H,15,16). The number of carbonyl (C=O) groups is 2. The molecule has 0 radical (unpaired) electrons. The number of carboxylic acid groups (broad SMARTS) is 1. The quantitative estimate of drug-likeness (QED) is 0.860. The van der Waals surface area contributed by atoms with Gasteiger partial charge >= 0.3 is 5.97 Å². The molecule has 17 heavy (non-hydrogen) atoms. The van der Waals surface area contributed by atoms with Crippen LogP contribution in [-0.4, -0.2) is 34.5 Å². The van der Waals surface area contributed by atoms with Crippen LogP contribution in [0.4, 0.5) is 0 Å². The lowest BCUT2D eigenvalue weighted by Crippen LogP contribution is -2.37. The van der Waals surface area contributed by atoms with Crippen LogP contribution in [0.1, 0.15) is 28.8 Å². The Morgan fingerprint density at radius 3 is 2.53 bits per heavy atom. The zero-order valence-electron chi connectivity index (χ0n) is 9.72. The zero-order valence-corrected chi connectivity index (χ0v) is 9.72. The van der Waals surface area contributed by atoms with E-state index in [1.165, 1.54) is 4.90 Å². The Morgan fingerprint density at radius 1 is 1.35 bits per heavy atom. The van der Waals surface area contributed by atoms with E-state index in [1.807, 2.05) is 19.1 Å². The second-order valence-electron chi connectivity index (χ2n) is 4.37. The van der Waals surface area contributed by atoms with Gasteiger partial charge in [0.25, 0.3) is 5.91 Å². The van der Waals surface area contributed by atoms with Gasteiger partial charge in [-0.2, -0.15) is 0 Å². The van der Waals surface area contributed by atoms with E-state index in [0.29, 0.717) is 5.56 Å². The Bertz CT molecular complexity index is 452. The summed E-state index contributed by atoms with van der Waals surface area (Å²) in [6, 6.07) is 7.38. The molecule has 0 aromatic heterocycles. The van der Waals surface area contributed by atoms with Gasteiger partial charge in [-0.25, -0.2) is 0 Å². The van der Waals surface area contributed by atoms with Crippen molar-refractivity contribution in [3.05, 3.63) is 35.4 Å². The summed E-state index contributed by atoms with van der Waals surface area (Å²) in [7, 11) is 0. The van der Waals surface area contributed by atoms with E-state index in [2.05, 4.69) is 0 Å². The average Bonchev–Trinajstić information content (AvgIpc) is 3.09. The van der Waals surface area contributed by atoms with Crippen molar-refractivity contribution >= 4 is 11.9 Å². The molecule has 0 saturated heterocycles. The number of amides is 1. The third-order valence-corrected chi connectivity index (χ3v) is 2.93.